The van der Waals surface area contributed by atoms with E-state index in [2.05, 4.69) is 32.2 Å². The molecule has 0 unspecified atom stereocenters. The Morgan fingerprint density at radius 2 is 1.87 bits per heavy atom. The zero-order valence-electron chi connectivity index (χ0n) is 14.3. The van der Waals surface area contributed by atoms with Crippen molar-refractivity contribution in [2.75, 3.05) is 12.3 Å². The molecule has 124 valence electrons. The molecule has 0 aliphatic carbocycles. The summed E-state index contributed by atoms with van der Waals surface area (Å²) in [5.74, 6) is 1.54. The third-order valence-electron chi connectivity index (χ3n) is 3.34. The van der Waals surface area contributed by atoms with Crippen molar-refractivity contribution >= 4 is 28.4 Å². The lowest BCUT2D eigenvalue weighted by molar-refractivity contribution is -0.127. The number of benzene rings is 2. The van der Waals surface area contributed by atoms with E-state index in [4.69, 9.17) is 4.74 Å². The quantitative estimate of drug-likeness (QED) is 0.804. The Bertz CT molecular complexity index is 664. The zero-order valence-corrected chi connectivity index (χ0v) is 15.1. The van der Waals surface area contributed by atoms with Gasteiger partial charge in [0.05, 0.1) is 0 Å². The third-order valence-corrected chi connectivity index (χ3v) is 4.61. The summed E-state index contributed by atoms with van der Waals surface area (Å²) in [5, 5.41) is 5.20. The summed E-state index contributed by atoms with van der Waals surface area (Å²) in [5.41, 5.74) is 0. The number of carbonyl (C=O) groups is 1. The molecular formula is C19H25NO2S. The van der Waals surface area contributed by atoms with E-state index in [0.29, 0.717) is 6.54 Å². The van der Waals surface area contributed by atoms with Gasteiger partial charge in [0.2, 0.25) is 0 Å². The van der Waals surface area contributed by atoms with Gasteiger partial charge in [-0.1, -0.05) is 51.1 Å². The first-order valence-electron chi connectivity index (χ1n) is 7.92. The van der Waals surface area contributed by atoms with Crippen molar-refractivity contribution in [2.45, 2.75) is 38.5 Å². The van der Waals surface area contributed by atoms with Crippen LogP contribution in [0.4, 0.5) is 0 Å². The second-order valence-electron chi connectivity index (χ2n) is 6.52. The summed E-state index contributed by atoms with van der Waals surface area (Å²) in [6.45, 7) is 8.95. The molecule has 2 rings (SSSR count). The standard InChI is InChI=1S/C19H25NO2S/c1-14(18(21)20-11-12-23-19(2,3)4)22-17-10-9-15-7-5-6-8-16(15)13-17/h5-10,13-14H,11-12H2,1-4H3,(H,20,21)/t14-/m1/s1. The highest BCUT2D eigenvalue weighted by molar-refractivity contribution is 8.00. The Hall–Kier alpha value is -1.68. The van der Waals surface area contributed by atoms with Gasteiger partial charge in [0.25, 0.3) is 5.91 Å². The van der Waals surface area contributed by atoms with Crippen molar-refractivity contribution < 1.29 is 9.53 Å². The molecule has 2 aromatic carbocycles. The first-order chi connectivity index (χ1) is 10.8. The molecule has 0 spiro atoms. The van der Waals surface area contributed by atoms with Gasteiger partial charge in [-0.15, -0.1) is 0 Å². The Morgan fingerprint density at radius 1 is 1.17 bits per heavy atom. The number of ether oxygens (including phenoxy) is 1. The topological polar surface area (TPSA) is 38.3 Å². The lowest BCUT2D eigenvalue weighted by Gasteiger charge is -2.18. The predicted molar refractivity (Wildman–Crippen MR) is 99.3 cm³/mol. The third kappa shape index (κ3) is 5.79. The van der Waals surface area contributed by atoms with Crippen molar-refractivity contribution in [3.63, 3.8) is 0 Å². The molecule has 4 heteroatoms. The van der Waals surface area contributed by atoms with Gasteiger partial charge in [0.1, 0.15) is 5.75 Å². The fourth-order valence-electron chi connectivity index (χ4n) is 2.17. The van der Waals surface area contributed by atoms with Crippen molar-refractivity contribution in [1.82, 2.24) is 5.32 Å². The molecule has 1 N–H and O–H groups in total. The molecular weight excluding hydrogens is 306 g/mol. The average molecular weight is 331 g/mol. The second kappa shape index (κ2) is 7.73. The lowest BCUT2D eigenvalue weighted by Crippen LogP contribution is -2.37. The van der Waals surface area contributed by atoms with Crippen LogP contribution in [0.15, 0.2) is 42.5 Å². The van der Waals surface area contributed by atoms with E-state index in [1.807, 2.05) is 48.2 Å². The van der Waals surface area contributed by atoms with Crippen LogP contribution < -0.4 is 10.1 Å². The summed E-state index contributed by atoms with van der Waals surface area (Å²) in [4.78, 5) is 12.1. The maximum Gasteiger partial charge on any atom is 0.260 e. The Kier molecular flexibility index (Phi) is 5.94. The first-order valence-corrected chi connectivity index (χ1v) is 8.91. The number of amides is 1. The van der Waals surface area contributed by atoms with E-state index in [1.54, 1.807) is 6.92 Å². The summed E-state index contributed by atoms with van der Waals surface area (Å²) in [7, 11) is 0. The molecule has 23 heavy (non-hydrogen) atoms. The van der Waals surface area contributed by atoms with Crippen molar-refractivity contribution in [1.29, 1.82) is 0 Å². The van der Waals surface area contributed by atoms with Gasteiger partial charge in [-0.3, -0.25) is 4.79 Å². The molecule has 0 aliphatic heterocycles. The van der Waals surface area contributed by atoms with Crippen LogP contribution in [0.2, 0.25) is 0 Å². The summed E-state index contributed by atoms with van der Waals surface area (Å²) in [6, 6.07) is 14.0. The van der Waals surface area contributed by atoms with E-state index in [-0.39, 0.29) is 10.7 Å². The predicted octanol–water partition coefficient (Wildman–Crippen LogP) is 4.26. The van der Waals surface area contributed by atoms with Crippen LogP contribution in [-0.2, 0) is 4.79 Å². The maximum absolute atomic E-state index is 12.1. The SMILES string of the molecule is C[C@@H](Oc1ccc2ccccc2c1)C(=O)NCCSC(C)(C)C. The largest absolute Gasteiger partial charge is 0.481 e. The maximum atomic E-state index is 12.1. The monoisotopic (exact) mass is 331 g/mol. The van der Waals surface area contributed by atoms with E-state index in [1.165, 1.54) is 0 Å². The first kappa shape index (κ1) is 17.7. The highest BCUT2D eigenvalue weighted by Gasteiger charge is 2.15. The van der Waals surface area contributed by atoms with Crippen LogP contribution in [0.25, 0.3) is 10.8 Å². The molecule has 0 saturated carbocycles. The molecule has 2 aromatic rings. The average Bonchev–Trinajstić information content (AvgIpc) is 2.50. The molecule has 0 aliphatic rings. The molecule has 3 nitrogen and oxygen atoms in total. The van der Waals surface area contributed by atoms with Crippen LogP contribution in [0.1, 0.15) is 27.7 Å². The lowest BCUT2D eigenvalue weighted by atomic mass is 10.1. The molecule has 1 amide bonds. The normalized spacial score (nSPS) is 12.9. The Morgan fingerprint density at radius 3 is 2.57 bits per heavy atom. The highest BCUT2D eigenvalue weighted by Crippen LogP contribution is 2.22. The molecule has 0 heterocycles. The fraction of sp³-hybridized carbons (Fsp3) is 0.421. The molecule has 0 bridgehead atoms. The number of carbonyl (C=O) groups excluding carboxylic acids is 1. The summed E-state index contributed by atoms with van der Waals surface area (Å²) in [6.07, 6.45) is -0.504. The van der Waals surface area contributed by atoms with E-state index < -0.39 is 6.10 Å². The van der Waals surface area contributed by atoms with E-state index in [9.17, 15) is 4.79 Å². The van der Waals surface area contributed by atoms with Gasteiger partial charge < -0.3 is 10.1 Å². The van der Waals surface area contributed by atoms with Crippen LogP contribution in [-0.4, -0.2) is 29.1 Å². The van der Waals surface area contributed by atoms with Crippen LogP contribution >= 0.6 is 11.8 Å². The Labute approximate surface area is 142 Å². The van der Waals surface area contributed by atoms with E-state index >= 15 is 0 Å². The molecule has 0 saturated heterocycles. The van der Waals surface area contributed by atoms with Crippen LogP contribution in [0, 0.1) is 0 Å². The van der Waals surface area contributed by atoms with Crippen molar-refractivity contribution in [3.05, 3.63) is 42.5 Å². The minimum absolute atomic E-state index is 0.0762. The van der Waals surface area contributed by atoms with Gasteiger partial charge in [-0.05, 0) is 29.8 Å². The minimum Gasteiger partial charge on any atom is -0.481 e. The van der Waals surface area contributed by atoms with Gasteiger partial charge in [0.15, 0.2) is 6.10 Å². The van der Waals surface area contributed by atoms with Crippen LogP contribution in [0.5, 0.6) is 5.75 Å². The number of rotatable bonds is 6. The molecule has 0 fully saturated rings. The van der Waals surface area contributed by atoms with Gasteiger partial charge in [-0.2, -0.15) is 11.8 Å². The van der Waals surface area contributed by atoms with Crippen molar-refractivity contribution in [2.24, 2.45) is 0 Å². The van der Waals surface area contributed by atoms with Gasteiger partial charge >= 0.3 is 0 Å². The number of thioether (sulfide) groups is 1. The number of nitrogens with one attached hydrogen (secondary N) is 1. The fourth-order valence-corrected chi connectivity index (χ4v) is 2.99. The Balaban J connectivity index is 1.84. The second-order valence-corrected chi connectivity index (χ2v) is 8.44. The van der Waals surface area contributed by atoms with Crippen LogP contribution in [0.3, 0.4) is 0 Å². The number of fused-ring (bicyclic) bond motifs is 1. The molecule has 1 atom stereocenters. The smallest absolute Gasteiger partial charge is 0.260 e. The van der Waals surface area contributed by atoms with Gasteiger partial charge in [-0.25, -0.2) is 0 Å². The van der Waals surface area contributed by atoms with Gasteiger partial charge in [0, 0.05) is 17.0 Å². The zero-order chi connectivity index (χ0) is 16.9. The highest BCUT2D eigenvalue weighted by atomic mass is 32.2. The minimum atomic E-state index is -0.504. The number of hydrogen-bond donors (Lipinski definition) is 1. The molecule has 0 aromatic heterocycles. The van der Waals surface area contributed by atoms with E-state index in [0.717, 1.165) is 22.3 Å². The molecule has 0 radical (unpaired) electrons. The summed E-state index contributed by atoms with van der Waals surface area (Å²) < 4.78 is 5.98. The summed E-state index contributed by atoms with van der Waals surface area (Å²) >= 11 is 1.84. The number of hydrogen-bond acceptors (Lipinski definition) is 3. The van der Waals surface area contributed by atoms with Crippen molar-refractivity contribution in [3.8, 4) is 5.75 Å².